The molecule has 1 aromatic carbocycles. The van der Waals surface area contributed by atoms with Crippen LogP contribution in [0.5, 0.6) is 11.5 Å². The summed E-state index contributed by atoms with van der Waals surface area (Å²) in [6.07, 6.45) is 1.12. The zero-order chi connectivity index (χ0) is 16.5. The highest BCUT2D eigenvalue weighted by molar-refractivity contribution is 6.24. The lowest BCUT2D eigenvalue weighted by molar-refractivity contribution is -0.138. The maximum atomic E-state index is 12.5. The van der Waals surface area contributed by atoms with E-state index in [1.165, 1.54) is 20.3 Å². The average Bonchev–Trinajstić information content (AvgIpc) is 2.54. The van der Waals surface area contributed by atoms with Gasteiger partial charge in [0.25, 0.3) is 0 Å². The Hall–Kier alpha value is -2.50. The number of hydrogen-bond donors (Lipinski definition) is 0. The summed E-state index contributed by atoms with van der Waals surface area (Å²) in [5.74, 6) is -0.345. The van der Waals surface area contributed by atoms with Crippen molar-refractivity contribution in [1.82, 2.24) is 0 Å². The van der Waals surface area contributed by atoms with E-state index in [2.05, 4.69) is 0 Å². The Kier molecular flexibility index (Phi) is 6.95. The van der Waals surface area contributed by atoms with E-state index in [4.69, 9.17) is 18.9 Å². The lowest BCUT2D eigenvalue weighted by Crippen LogP contribution is -2.17. The molecule has 0 atom stereocenters. The molecule has 0 N–H and O–H groups in total. The Morgan fingerprint density at radius 1 is 1.05 bits per heavy atom. The van der Waals surface area contributed by atoms with Gasteiger partial charge in [-0.1, -0.05) is 0 Å². The number of Topliss-reactive ketones (excluding diaryl/α,β-unsaturated/α-hetero) is 1. The lowest BCUT2D eigenvalue weighted by Gasteiger charge is -2.10. The van der Waals surface area contributed by atoms with Crippen LogP contribution in [0.3, 0.4) is 0 Å². The van der Waals surface area contributed by atoms with Gasteiger partial charge in [-0.2, -0.15) is 0 Å². The molecule has 0 radical (unpaired) electrons. The third kappa shape index (κ3) is 4.25. The summed E-state index contributed by atoms with van der Waals surface area (Å²) in [7, 11) is 2.97. The maximum Gasteiger partial charge on any atom is 0.345 e. The molecule has 1 rings (SSSR count). The van der Waals surface area contributed by atoms with Crippen molar-refractivity contribution in [2.75, 3.05) is 27.4 Å². The highest BCUT2D eigenvalue weighted by Gasteiger charge is 2.23. The predicted molar refractivity (Wildman–Crippen MR) is 80.2 cm³/mol. The van der Waals surface area contributed by atoms with E-state index >= 15 is 0 Å². The third-order valence-corrected chi connectivity index (χ3v) is 2.75. The minimum atomic E-state index is -0.726. The molecule has 0 saturated carbocycles. The van der Waals surface area contributed by atoms with Crippen molar-refractivity contribution in [2.45, 2.75) is 13.8 Å². The van der Waals surface area contributed by atoms with E-state index in [0.717, 1.165) is 6.26 Å². The molecule has 0 aliphatic carbocycles. The summed E-state index contributed by atoms with van der Waals surface area (Å²) in [6.45, 7) is 3.92. The Morgan fingerprint density at radius 3 is 2.27 bits per heavy atom. The molecular weight excluding hydrogens is 288 g/mol. The van der Waals surface area contributed by atoms with E-state index in [1.54, 1.807) is 26.0 Å². The van der Waals surface area contributed by atoms with Gasteiger partial charge in [0, 0.05) is 5.56 Å². The maximum absolute atomic E-state index is 12.5. The Labute approximate surface area is 129 Å². The lowest BCUT2D eigenvalue weighted by atomic mass is 10.0. The fourth-order valence-corrected chi connectivity index (χ4v) is 1.70. The number of ketones is 1. The molecule has 0 aliphatic rings. The van der Waals surface area contributed by atoms with E-state index in [0.29, 0.717) is 18.1 Å². The van der Waals surface area contributed by atoms with Gasteiger partial charge in [-0.25, -0.2) is 4.79 Å². The fraction of sp³-hybridized carbons (Fsp3) is 0.375. The molecule has 120 valence electrons. The van der Waals surface area contributed by atoms with Crippen LogP contribution in [0.1, 0.15) is 24.2 Å². The van der Waals surface area contributed by atoms with Crippen LogP contribution < -0.4 is 9.47 Å². The zero-order valence-corrected chi connectivity index (χ0v) is 13.2. The highest BCUT2D eigenvalue weighted by atomic mass is 16.5. The predicted octanol–water partition coefficient (Wildman–Crippen LogP) is 2.37. The summed E-state index contributed by atoms with van der Waals surface area (Å²) >= 11 is 0. The van der Waals surface area contributed by atoms with Crippen LogP contribution in [-0.2, 0) is 14.3 Å². The standard InChI is InChI=1S/C16H20O6/c1-5-21-10-12(16(18)22-6-2)15(17)11-7-8-13(19-3)14(9-11)20-4/h7-10H,5-6H2,1-4H3. The number of rotatable bonds is 8. The van der Waals surface area contributed by atoms with Gasteiger partial charge in [-0.15, -0.1) is 0 Å². The first kappa shape index (κ1) is 17.6. The van der Waals surface area contributed by atoms with Crippen molar-refractivity contribution in [3.63, 3.8) is 0 Å². The topological polar surface area (TPSA) is 71.1 Å². The molecule has 0 fully saturated rings. The zero-order valence-electron chi connectivity index (χ0n) is 13.2. The quantitative estimate of drug-likeness (QED) is 0.183. The van der Waals surface area contributed by atoms with Crippen LogP contribution in [0.25, 0.3) is 0 Å². The van der Waals surface area contributed by atoms with Gasteiger partial charge in [0.2, 0.25) is 5.78 Å². The first-order valence-corrected chi connectivity index (χ1v) is 6.84. The second-order valence-electron chi connectivity index (χ2n) is 4.11. The van der Waals surface area contributed by atoms with Gasteiger partial charge in [0.15, 0.2) is 11.5 Å². The molecule has 0 amide bonds. The van der Waals surface area contributed by atoms with Crippen molar-refractivity contribution in [3.05, 3.63) is 35.6 Å². The van der Waals surface area contributed by atoms with Crippen LogP contribution in [0.4, 0.5) is 0 Å². The largest absolute Gasteiger partial charge is 0.500 e. The summed E-state index contributed by atoms with van der Waals surface area (Å²) < 4.78 is 20.2. The van der Waals surface area contributed by atoms with Gasteiger partial charge in [0.1, 0.15) is 11.8 Å². The Morgan fingerprint density at radius 2 is 1.73 bits per heavy atom. The number of methoxy groups -OCH3 is 2. The third-order valence-electron chi connectivity index (χ3n) is 2.75. The first-order chi connectivity index (χ1) is 10.6. The van der Waals surface area contributed by atoms with E-state index in [9.17, 15) is 9.59 Å². The first-order valence-electron chi connectivity index (χ1n) is 6.84. The molecule has 0 spiro atoms. The molecule has 0 aromatic heterocycles. The number of esters is 1. The normalized spacial score (nSPS) is 10.8. The van der Waals surface area contributed by atoms with Crippen molar-refractivity contribution < 1.29 is 28.5 Å². The smallest absolute Gasteiger partial charge is 0.345 e. The van der Waals surface area contributed by atoms with Crippen molar-refractivity contribution in [2.24, 2.45) is 0 Å². The minimum Gasteiger partial charge on any atom is -0.500 e. The van der Waals surface area contributed by atoms with E-state index in [-0.39, 0.29) is 17.7 Å². The van der Waals surface area contributed by atoms with Crippen LogP contribution in [0, 0.1) is 0 Å². The average molecular weight is 308 g/mol. The molecule has 0 unspecified atom stereocenters. The SMILES string of the molecule is CCOC=C(C(=O)OCC)C(=O)c1ccc(OC)c(OC)c1. The number of carbonyl (C=O) groups is 2. The highest BCUT2D eigenvalue weighted by Crippen LogP contribution is 2.28. The molecule has 0 bridgehead atoms. The molecule has 1 aromatic rings. The van der Waals surface area contributed by atoms with Crippen molar-refractivity contribution >= 4 is 11.8 Å². The number of carbonyl (C=O) groups excluding carboxylic acids is 2. The molecule has 0 saturated heterocycles. The van der Waals surface area contributed by atoms with E-state index < -0.39 is 11.8 Å². The summed E-state index contributed by atoms with van der Waals surface area (Å²) in [5.41, 5.74) is 0.104. The van der Waals surface area contributed by atoms with Gasteiger partial charge in [0.05, 0.1) is 27.4 Å². The molecule has 0 heterocycles. The van der Waals surface area contributed by atoms with Gasteiger partial charge in [-0.3, -0.25) is 4.79 Å². The second kappa shape index (κ2) is 8.71. The monoisotopic (exact) mass is 308 g/mol. The van der Waals surface area contributed by atoms with Gasteiger partial charge >= 0.3 is 5.97 Å². The number of benzene rings is 1. The second-order valence-corrected chi connectivity index (χ2v) is 4.11. The molecule has 6 heteroatoms. The fourth-order valence-electron chi connectivity index (χ4n) is 1.70. The number of ether oxygens (including phenoxy) is 4. The molecule has 0 aliphatic heterocycles. The van der Waals surface area contributed by atoms with Crippen LogP contribution >= 0.6 is 0 Å². The van der Waals surface area contributed by atoms with Crippen LogP contribution in [-0.4, -0.2) is 39.2 Å². The molecule has 22 heavy (non-hydrogen) atoms. The molecular formula is C16H20O6. The minimum absolute atomic E-state index is 0.168. The summed E-state index contributed by atoms with van der Waals surface area (Å²) in [5, 5.41) is 0. The van der Waals surface area contributed by atoms with Gasteiger partial charge < -0.3 is 18.9 Å². The van der Waals surface area contributed by atoms with Crippen molar-refractivity contribution in [3.8, 4) is 11.5 Å². The Bertz CT molecular complexity index is 562. The summed E-state index contributed by atoms with van der Waals surface area (Å²) in [4.78, 5) is 24.4. The van der Waals surface area contributed by atoms with E-state index in [1.807, 2.05) is 0 Å². The van der Waals surface area contributed by atoms with Crippen LogP contribution in [0.2, 0.25) is 0 Å². The Balaban J connectivity index is 3.16. The van der Waals surface area contributed by atoms with Crippen molar-refractivity contribution in [1.29, 1.82) is 0 Å². The van der Waals surface area contributed by atoms with Gasteiger partial charge in [-0.05, 0) is 32.0 Å². The van der Waals surface area contributed by atoms with Crippen LogP contribution in [0.15, 0.2) is 30.0 Å². The number of hydrogen-bond acceptors (Lipinski definition) is 6. The summed E-state index contributed by atoms with van der Waals surface area (Å²) in [6, 6.07) is 4.64. The molecule has 6 nitrogen and oxygen atoms in total.